The zero-order valence-corrected chi connectivity index (χ0v) is 19.3. The summed E-state index contributed by atoms with van der Waals surface area (Å²) in [5.74, 6) is -1.29. The molecule has 35 heavy (non-hydrogen) atoms. The molecule has 5 rings (SSSR count). The van der Waals surface area contributed by atoms with Crippen LogP contribution in [0.4, 0.5) is 10.5 Å². The fourth-order valence-corrected chi connectivity index (χ4v) is 4.79. The van der Waals surface area contributed by atoms with Crippen molar-refractivity contribution in [3.05, 3.63) is 101 Å². The number of anilines is 1. The Morgan fingerprint density at radius 3 is 2.46 bits per heavy atom. The molecule has 3 aromatic rings. The van der Waals surface area contributed by atoms with Crippen molar-refractivity contribution in [3.63, 3.8) is 0 Å². The van der Waals surface area contributed by atoms with Gasteiger partial charge in [-0.1, -0.05) is 60.7 Å². The van der Waals surface area contributed by atoms with Gasteiger partial charge in [0, 0.05) is 11.1 Å². The van der Waals surface area contributed by atoms with Crippen LogP contribution in [0.25, 0.3) is 0 Å². The summed E-state index contributed by atoms with van der Waals surface area (Å²) >= 11 is 0. The first kappa shape index (κ1) is 22.5. The third kappa shape index (κ3) is 4.10. The van der Waals surface area contributed by atoms with E-state index in [0.717, 1.165) is 24.2 Å². The van der Waals surface area contributed by atoms with Crippen LogP contribution in [0.2, 0.25) is 0 Å². The molecule has 2 N–H and O–H groups in total. The van der Waals surface area contributed by atoms with Crippen LogP contribution in [0, 0.1) is 0 Å². The normalized spacial score (nSPS) is 18.8. The number of amides is 4. The highest BCUT2D eigenvalue weighted by Gasteiger charge is 2.49. The summed E-state index contributed by atoms with van der Waals surface area (Å²) in [6, 6.07) is 20.7. The van der Waals surface area contributed by atoms with E-state index in [0.29, 0.717) is 22.4 Å². The molecule has 1 fully saturated rings. The molecule has 1 aliphatic heterocycles. The standard InChI is InChI=1S/C28H25N3O4/c1-28(21-15-14-18-10-7-11-20(18)16-21)26(34)31(27(35)30-28)17-24(32)29-23-13-6-5-12-22(23)25(33)19-8-3-2-4-9-19/h2-6,8-9,12-16H,7,10-11,17H2,1H3,(H,29,32)(H,30,35). The number of rotatable bonds is 6. The maximum absolute atomic E-state index is 13.3. The van der Waals surface area contributed by atoms with E-state index in [1.807, 2.05) is 24.3 Å². The van der Waals surface area contributed by atoms with E-state index in [2.05, 4.69) is 10.6 Å². The summed E-state index contributed by atoms with van der Waals surface area (Å²) < 4.78 is 0. The number of ketones is 1. The number of benzene rings is 3. The lowest BCUT2D eigenvalue weighted by atomic mass is 9.89. The summed E-state index contributed by atoms with van der Waals surface area (Å²) in [4.78, 5) is 52.7. The number of nitrogens with one attached hydrogen (secondary N) is 2. The van der Waals surface area contributed by atoms with Crippen molar-refractivity contribution in [1.29, 1.82) is 0 Å². The van der Waals surface area contributed by atoms with Crippen molar-refractivity contribution < 1.29 is 19.2 Å². The van der Waals surface area contributed by atoms with Gasteiger partial charge in [-0.15, -0.1) is 0 Å². The van der Waals surface area contributed by atoms with Gasteiger partial charge in [0.1, 0.15) is 12.1 Å². The summed E-state index contributed by atoms with van der Waals surface area (Å²) in [7, 11) is 0. The topological polar surface area (TPSA) is 95.6 Å². The maximum Gasteiger partial charge on any atom is 0.325 e. The highest BCUT2D eigenvalue weighted by molar-refractivity contribution is 6.15. The minimum Gasteiger partial charge on any atom is -0.324 e. The number of fused-ring (bicyclic) bond motifs is 1. The number of para-hydroxylation sites is 1. The lowest BCUT2D eigenvalue weighted by Gasteiger charge is -2.23. The first-order valence-corrected chi connectivity index (χ1v) is 11.6. The SMILES string of the molecule is CC1(c2ccc3c(c2)CCC3)NC(=O)N(CC(=O)Nc2ccccc2C(=O)c2ccccc2)C1=O. The van der Waals surface area contributed by atoms with Gasteiger partial charge in [-0.3, -0.25) is 19.3 Å². The second-order valence-corrected chi connectivity index (χ2v) is 9.07. The van der Waals surface area contributed by atoms with E-state index in [4.69, 9.17) is 0 Å². The molecule has 0 aromatic heterocycles. The molecule has 1 aliphatic carbocycles. The lowest BCUT2D eigenvalue weighted by Crippen LogP contribution is -2.42. The molecule has 0 bridgehead atoms. The maximum atomic E-state index is 13.3. The van der Waals surface area contributed by atoms with Gasteiger partial charge >= 0.3 is 6.03 Å². The van der Waals surface area contributed by atoms with E-state index in [1.165, 1.54) is 11.1 Å². The Labute approximate surface area is 203 Å². The highest BCUT2D eigenvalue weighted by atomic mass is 16.2. The van der Waals surface area contributed by atoms with Crippen molar-refractivity contribution in [3.8, 4) is 0 Å². The van der Waals surface area contributed by atoms with E-state index >= 15 is 0 Å². The van der Waals surface area contributed by atoms with Crippen molar-refractivity contribution in [1.82, 2.24) is 10.2 Å². The molecule has 0 radical (unpaired) electrons. The Balaban J connectivity index is 1.33. The number of carbonyl (C=O) groups is 4. The zero-order chi connectivity index (χ0) is 24.6. The van der Waals surface area contributed by atoms with Crippen molar-refractivity contribution >= 4 is 29.3 Å². The minimum absolute atomic E-state index is 0.235. The number of hydrogen-bond acceptors (Lipinski definition) is 4. The molecule has 7 nitrogen and oxygen atoms in total. The predicted molar refractivity (Wildman–Crippen MR) is 131 cm³/mol. The van der Waals surface area contributed by atoms with E-state index in [1.54, 1.807) is 55.5 Å². The molecule has 0 spiro atoms. The summed E-state index contributed by atoms with van der Waals surface area (Å²) in [6.07, 6.45) is 3.05. The van der Waals surface area contributed by atoms with Crippen LogP contribution >= 0.6 is 0 Å². The zero-order valence-electron chi connectivity index (χ0n) is 19.3. The van der Waals surface area contributed by atoms with Gasteiger partial charge in [-0.25, -0.2) is 4.79 Å². The molecule has 1 saturated heterocycles. The number of aryl methyl sites for hydroxylation is 2. The molecular weight excluding hydrogens is 442 g/mol. The summed E-state index contributed by atoms with van der Waals surface area (Å²) in [5.41, 5.74) is 3.07. The fraction of sp³-hybridized carbons (Fsp3) is 0.214. The van der Waals surface area contributed by atoms with Gasteiger partial charge in [0.25, 0.3) is 5.91 Å². The second kappa shape index (κ2) is 8.83. The summed E-state index contributed by atoms with van der Waals surface area (Å²) in [6.45, 7) is 1.20. The van der Waals surface area contributed by atoms with Gasteiger partial charge in [-0.2, -0.15) is 0 Å². The Hall–Kier alpha value is -4.26. The van der Waals surface area contributed by atoms with E-state index in [-0.39, 0.29) is 5.78 Å². The van der Waals surface area contributed by atoms with Crippen LogP contribution in [0.15, 0.2) is 72.8 Å². The van der Waals surface area contributed by atoms with Crippen LogP contribution in [-0.2, 0) is 28.0 Å². The number of imide groups is 1. The Morgan fingerprint density at radius 2 is 1.66 bits per heavy atom. The first-order chi connectivity index (χ1) is 16.9. The number of carbonyl (C=O) groups excluding carboxylic acids is 4. The van der Waals surface area contributed by atoms with Gasteiger partial charge in [-0.05, 0) is 55.0 Å². The molecule has 176 valence electrons. The number of urea groups is 1. The van der Waals surface area contributed by atoms with Gasteiger partial charge in [0.15, 0.2) is 5.78 Å². The average Bonchev–Trinajstić information content (AvgIpc) is 3.43. The van der Waals surface area contributed by atoms with E-state index in [9.17, 15) is 19.2 Å². The van der Waals surface area contributed by atoms with Crippen molar-refractivity contribution in [2.75, 3.05) is 11.9 Å². The van der Waals surface area contributed by atoms with Gasteiger partial charge < -0.3 is 10.6 Å². The fourth-order valence-electron chi connectivity index (χ4n) is 4.79. The van der Waals surface area contributed by atoms with Crippen LogP contribution < -0.4 is 10.6 Å². The second-order valence-electron chi connectivity index (χ2n) is 9.07. The van der Waals surface area contributed by atoms with Crippen molar-refractivity contribution in [2.24, 2.45) is 0 Å². The number of hydrogen-bond donors (Lipinski definition) is 2. The van der Waals surface area contributed by atoms with Crippen LogP contribution in [-0.4, -0.2) is 35.1 Å². The molecule has 1 atom stereocenters. The lowest BCUT2D eigenvalue weighted by molar-refractivity contribution is -0.133. The summed E-state index contributed by atoms with van der Waals surface area (Å²) in [5, 5.41) is 5.46. The van der Waals surface area contributed by atoms with Gasteiger partial charge in [0.2, 0.25) is 5.91 Å². The molecule has 1 unspecified atom stereocenters. The van der Waals surface area contributed by atoms with Gasteiger partial charge in [0.05, 0.1) is 5.69 Å². The van der Waals surface area contributed by atoms with Crippen LogP contribution in [0.5, 0.6) is 0 Å². The first-order valence-electron chi connectivity index (χ1n) is 11.6. The molecule has 0 saturated carbocycles. The third-order valence-electron chi connectivity index (χ3n) is 6.73. The third-order valence-corrected chi connectivity index (χ3v) is 6.73. The molecule has 7 heteroatoms. The largest absolute Gasteiger partial charge is 0.325 e. The average molecular weight is 468 g/mol. The molecular formula is C28H25N3O4. The Bertz CT molecular complexity index is 1350. The monoisotopic (exact) mass is 467 g/mol. The Kier molecular flexibility index (Phi) is 5.68. The van der Waals surface area contributed by atoms with Crippen LogP contribution in [0.1, 0.15) is 46.0 Å². The molecule has 3 aromatic carbocycles. The van der Waals surface area contributed by atoms with Crippen LogP contribution in [0.3, 0.4) is 0 Å². The Morgan fingerprint density at radius 1 is 0.943 bits per heavy atom. The molecule has 2 aliphatic rings. The molecule has 4 amide bonds. The predicted octanol–water partition coefficient (Wildman–Crippen LogP) is 3.81. The quantitative estimate of drug-likeness (QED) is 0.426. The number of nitrogens with zero attached hydrogens (tertiary/aromatic N) is 1. The molecule has 1 heterocycles. The smallest absolute Gasteiger partial charge is 0.324 e. The van der Waals surface area contributed by atoms with Crippen molar-refractivity contribution in [2.45, 2.75) is 31.7 Å². The highest BCUT2D eigenvalue weighted by Crippen LogP contribution is 2.32. The van der Waals surface area contributed by atoms with E-state index < -0.39 is 29.9 Å². The minimum atomic E-state index is -1.24.